The van der Waals surface area contributed by atoms with Gasteiger partial charge in [-0.2, -0.15) is 0 Å². The molecule has 3 N–H and O–H groups in total. The van der Waals surface area contributed by atoms with Crippen molar-refractivity contribution in [2.24, 2.45) is 5.73 Å². The summed E-state index contributed by atoms with van der Waals surface area (Å²) in [4.78, 5) is 23.9. The lowest BCUT2D eigenvalue weighted by Gasteiger charge is -2.24. The van der Waals surface area contributed by atoms with Crippen LogP contribution < -0.4 is 5.73 Å². The Kier molecular flexibility index (Phi) is 4.85. The average Bonchev–Trinajstić information content (AvgIpc) is 2.37. The molecule has 0 bridgehead atoms. The first-order valence-corrected chi connectivity index (χ1v) is 5.72. The number of likely N-dealkylation sites (N-methyl/N-ethyl adjacent to an activating group) is 1. The third-order valence-electron chi connectivity index (χ3n) is 2.90. The summed E-state index contributed by atoms with van der Waals surface area (Å²) in [7, 11) is 1.45. The number of carboxylic acid groups (broad SMARTS) is 1. The van der Waals surface area contributed by atoms with Gasteiger partial charge in [0.15, 0.2) is 0 Å². The fraction of sp³-hybridized carbons (Fsp3) is 0.385. The van der Waals surface area contributed by atoms with E-state index in [2.05, 4.69) is 0 Å². The molecular weight excluding hydrogens is 232 g/mol. The van der Waals surface area contributed by atoms with Crippen molar-refractivity contribution in [1.29, 1.82) is 0 Å². The number of nitrogens with zero attached hydrogens (tertiary/aromatic N) is 1. The molecule has 1 aromatic rings. The summed E-state index contributed by atoms with van der Waals surface area (Å²) >= 11 is 0. The minimum Gasteiger partial charge on any atom is -0.480 e. The number of carboxylic acids is 1. The van der Waals surface area contributed by atoms with Crippen molar-refractivity contribution in [2.45, 2.75) is 25.4 Å². The lowest BCUT2D eigenvalue weighted by atomic mass is 10.1. The minimum atomic E-state index is -1.04. The van der Waals surface area contributed by atoms with Gasteiger partial charge in [0, 0.05) is 7.05 Å². The molecule has 1 aromatic carbocycles. The fourth-order valence-corrected chi connectivity index (χ4v) is 1.57. The summed E-state index contributed by atoms with van der Waals surface area (Å²) < 4.78 is 0. The maximum Gasteiger partial charge on any atom is 0.326 e. The Morgan fingerprint density at radius 1 is 1.33 bits per heavy atom. The van der Waals surface area contributed by atoms with Gasteiger partial charge in [-0.05, 0) is 18.9 Å². The first kappa shape index (κ1) is 14.2. The van der Waals surface area contributed by atoms with E-state index in [-0.39, 0.29) is 5.91 Å². The van der Waals surface area contributed by atoms with Crippen LogP contribution in [0.5, 0.6) is 0 Å². The van der Waals surface area contributed by atoms with Gasteiger partial charge in [-0.1, -0.05) is 30.3 Å². The van der Waals surface area contributed by atoms with E-state index < -0.39 is 18.1 Å². The molecule has 5 nitrogen and oxygen atoms in total. The first-order chi connectivity index (χ1) is 8.43. The average molecular weight is 250 g/mol. The van der Waals surface area contributed by atoms with Gasteiger partial charge in [-0.25, -0.2) is 4.79 Å². The lowest BCUT2D eigenvalue weighted by Crippen LogP contribution is -2.49. The van der Waals surface area contributed by atoms with Crippen molar-refractivity contribution in [3.63, 3.8) is 0 Å². The number of benzene rings is 1. The van der Waals surface area contributed by atoms with Crippen LogP contribution in [0.2, 0.25) is 0 Å². The molecule has 0 aliphatic carbocycles. The quantitative estimate of drug-likeness (QED) is 0.796. The van der Waals surface area contributed by atoms with Gasteiger partial charge in [-0.15, -0.1) is 0 Å². The van der Waals surface area contributed by atoms with E-state index in [1.165, 1.54) is 14.0 Å². The van der Waals surface area contributed by atoms with Crippen LogP contribution in [0.25, 0.3) is 0 Å². The monoisotopic (exact) mass is 250 g/mol. The van der Waals surface area contributed by atoms with E-state index in [9.17, 15) is 9.59 Å². The highest BCUT2D eigenvalue weighted by molar-refractivity contribution is 5.86. The molecule has 0 aliphatic rings. The molecular formula is C13H18N2O3. The van der Waals surface area contributed by atoms with Crippen molar-refractivity contribution in [3.05, 3.63) is 35.9 Å². The summed E-state index contributed by atoms with van der Waals surface area (Å²) in [6, 6.07) is 7.79. The second kappa shape index (κ2) is 6.16. The first-order valence-electron chi connectivity index (χ1n) is 5.72. The molecule has 0 saturated carbocycles. The largest absolute Gasteiger partial charge is 0.480 e. The zero-order chi connectivity index (χ0) is 13.7. The van der Waals surface area contributed by atoms with Crippen LogP contribution in [0, 0.1) is 0 Å². The molecule has 2 atom stereocenters. The zero-order valence-corrected chi connectivity index (χ0v) is 10.5. The van der Waals surface area contributed by atoms with Gasteiger partial charge >= 0.3 is 5.97 Å². The lowest BCUT2D eigenvalue weighted by molar-refractivity contribution is -0.148. The Morgan fingerprint density at radius 3 is 2.39 bits per heavy atom. The normalized spacial score (nSPS) is 13.7. The van der Waals surface area contributed by atoms with E-state index in [4.69, 9.17) is 10.8 Å². The number of rotatable bonds is 5. The number of hydrogen-bond donors (Lipinski definition) is 2. The van der Waals surface area contributed by atoms with Crippen LogP contribution in [-0.2, 0) is 16.0 Å². The van der Waals surface area contributed by atoms with Gasteiger partial charge in [0.05, 0.1) is 6.04 Å². The number of hydrogen-bond acceptors (Lipinski definition) is 3. The Hall–Kier alpha value is -1.88. The van der Waals surface area contributed by atoms with Crippen molar-refractivity contribution in [3.8, 4) is 0 Å². The van der Waals surface area contributed by atoms with Crippen LogP contribution in [0.4, 0.5) is 0 Å². The molecule has 0 aromatic heterocycles. The zero-order valence-electron chi connectivity index (χ0n) is 10.5. The number of carbonyl (C=O) groups is 2. The van der Waals surface area contributed by atoms with Crippen LogP contribution >= 0.6 is 0 Å². The second-order valence-electron chi connectivity index (χ2n) is 4.26. The molecule has 1 rings (SSSR count). The van der Waals surface area contributed by atoms with Crippen molar-refractivity contribution in [1.82, 2.24) is 4.90 Å². The predicted molar refractivity (Wildman–Crippen MR) is 68.0 cm³/mol. The fourth-order valence-electron chi connectivity index (χ4n) is 1.57. The third-order valence-corrected chi connectivity index (χ3v) is 2.90. The van der Waals surface area contributed by atoms with Crippen LogP contribution in [0.15, 0.2) is 30.3 Å². The third kappa shape index (κ3) is 3.56. The minimum absolute atomic E-state index is 0.367. The summed E-state index contributed by atoms with van der Waals surface area (Å²) in [5.74, 6) is -1.41. The number of nitrogens with two attached hydrogens (primary N) is 1. The molecule has 0 radical (unpaired) electrons. The number of aliphatic carboxylic acids is 1. The van der Waals surface area contributed by atoms with E-state index >= 15 is 0 Å². The highest BCUT2D eigenvalue weighted by Gasteiger charge is 2.25. The molecule has 0 spiro atoms. The molecule has 0 aliphatic heterocycles. The number of amides is 1. The van der Waals surface area contributed by atoms with Gasteiger partial charge in [0.2, 0.25) is 5.91 Å². The van der Waals surface area contributed by atoms with Crippen molar-refractivity contribution in [2.75, 3.05) is 7.05 Å². The Morgan fingerprint density at radius 2 is 1.89 bits per heavy atom. The maximum absolute atomic E-state index is 11.9. The van der Waals surface area contributed by atoms with Crippen molar-refractivity contribution < 1.29 is 14.7 Å². The Balaban J connectivity index is 2.64. The van der Waals surface area contributed by atoms with Gasteiger partial charge in [-0.3, -0.25) is 4.79 Å². The predicted octanol–water partition coefficient (Wildman–Crippen LogP) is 0.488. The summed E-state index contributed by atoms with van der Waals surface area (Å²) in [6.07, 6.45) is 0.399. The topological polar surface area (TPSA) is 83.6 Å². The summed E-state index contributed by atoms with van der Waals surface area (Å²) in [6.45, 7) is 1.45. The highest BCUT2D eigenvalue weighted by atomic mass is 16.4. The van der Waals surface area contributed by atoms with E-state index in [0.29, 0.717) is 6.42 Å². The van der Waals surface area contributed by atoms with Gasteiger partial charge in [0.25, 0.3) is 0 Å². The molecule has 18 heavy (non-hydrogen) atoms. The number of carbonyl (C=O) groups excluding carboxylic acids is 1. The van der Waals surface area contributed by atoms with Gasteiger partial charge < -0.3 is 15.7 Å². The second-order valence-corrected chi connectivity index (χ2v) is 4.26. The standard InChI is InChI=1S/C13H18N2O3/c1-9(13(17)18)15(2)12(16)11(14)8-10-6-4-3-5-7-10/h3-7,9,11H,8,14H2,1-2H3,(H,17,18). The van der Waals surface area contributed by atoms with E-state index in [1.54, 1.807) is 0 Å². The van der Waals surface area contributed by atoms with E-state index in [1.807, 2.05) is 30.3 Å². The highest BCUT2D eigenvalue weighted by Crippen LogP contribution is 2.05. The smallest absolute Gasteiger partial charge is 0.326 e. The molecule has 0 fully saturated rings. The molecule has 0 saturated heterocycles. The van der Waals surface area contributed by atoms with E-state index in [0.717, 1.165) is 10.5 Å². The van der Waals surface area contributed by atoms with Crippen LogP contribution in [0.3, 0.4) is 0 Å². The molecule has 98 valence electrons. The molecule has 1 amide bonds. The molecule has 5 heteroatoms. The Bertz CT molecular complexity index is 420. The van der Waals surface area contributed by atoms with Crippen LogP contribution in [-0.4, -0.2) is 41.0 Å². The summed E-state index contributed by atoms with van der Waals surface area (Å²) in [5.41, 5.74) is 6.76. The maximum atomic E-state index is 11.9. The molecule has 2 unspecified atom stereocenters. The van der Waals surface area contributed by atoms with Crippen molar-refractivity contribution >= 4 is 11.9 Å². The van der Waals surface area contributed by atoms with Crippen LogP contribution in [0.1, 0.15) is 12.5 Å². The Labute approximate surface area is 106 Å². The van der Waals surface area contributed by atoms with Gasteiger partial charge in [0.1, 0.15) is 6.04 Å². The summed E-state index contributed by atoms with van der Waals surface area (Å²) in [5, 5.41) is 8.84. The molecule has 0 heterocycles. The SMILES string of the molecule is CC(C(=O)O)N(C)C(=O)C(N)Cc1ccccc1.